The van der Waals surface area contributed by atoms with Crippen LogP contribution >= 0.6 is 0 Å². The van der Waals surface area contributed by atoms with Gasteiger partial charge in [-0.2, -0.15) is 0 Å². The predicted molar refractivity (Wildman–Crippen MR) is 109 cm³/mol. The van der Waals surface area contributed by atoms with Crippen molar-refractivity contribution in [1.82, 2.24) is 0 Å². The van der Waals surface area contributed by atoms with E-state index in [-0.39, 0.29) is 18.3 Å². The number of fused-ring (bicyclic) bond motifs is 1. The van der Waals surface area contributed by atoms with Gasteiger partial charge >= 0.3 is 5.97 Å². The highest BCUT2D eigenvalue weighted by molar-refractivity contribution is 5.91. The van der Waals surface area contributed by atoms with Gasteiger partial charge in [-0.15, -0.1) is 0 Å². The third-order valence-corrected chi connectivity index (χ3v) is 5.40. The Kier molecular flexibility index (Phi) is 5.45. The van der Waals surface area contributed by atoms with E-state index in [1.165, 1.54) is 6.92 Å². The van der Waals surface area contributed by atoms with E-state index >= 15 is 0 Å². The number of carbonyl (C=O) groups excluding carboxylic acids is 2. The fourth-order valence-corrected chi connectivity index (χ4v) is 3.77. The average molecular weight is 381 g/mol. The zero-order valence-corrected chi connectivity index (χ0v) is 17.1. The van der Waals surface area contributed by atoms with Gasteiger partial charge < -0.3 is 14.8 Å². The third kappa shape index (κ3) is 4.03. The van der Waals surface area contributed by atoms with Crippen LogP contribution in [-0.4, -0.2) is 17.5 Å². The van der Waals surface area contributed by atoms with E-state index in [2.05, 4.69) is 5.32 Å². The highest BCUT2D eigenvalue weighted by Crippen LogP contribution is 2.44. The van der Waals surface area contributed by atoms with Crippen LogP contribution in [0.25, 0.3) is 0 Å². The fraction of sp³-hybridized carbons (Fsp3) is 0.391. The van der Waals surface area contributed by atoms with E-state index in [4.69, 9.17) is 9.47 Å². The second kappa shape index (κ2) is 7.66. The quantitative estimate of drug-likeness (QED) is 0.618. The topological polar surface area (TPSA) is 64.6 Å². The number of anilines is 1. The van der Waals surface area contributed by atoms with Crippen LogP contribution in [0.4, 0.5) is 5.69 Å². The van der Waals surface area contributed by atoms with Crippen molar-refractivity contribution in [1.29, 1.82) is 0 Å². The molecule has 0 saturated carbocycles. The molecule has 0 spiro atoms. The van der Waals surface area contributed by atoms with E-state index in [0.29, 0.717) is 12.2 Å². The van der Waals surface area contributed by atoms with Gasteiger partial charge in [0.25, 0.3) is 0 Å². The van der Waals surface area contributed by atoms with Crippen molar-refractivity contribution in [3.8, 4) is 11.5 Å². The van der Waals surface area contributed by atoms with Gasteiger partial charge in [-0.05, 0) is 69.4 Å². The average Bonchev–Trinajstić information content (AvgIpc) is 2.63. The SMILES string of the molecule is CC(=O)Oc1c(C)c(C)c2c(c1C)CCC(C)(CC(=O)Nc1ccccc1)O2. The first kappa shape index (κ1) is 19.9. The molecule has 5 nitrogen and oxygen atoms in total. The highest BCUT2D eigenvalue weighted by Gasteiger charge is 2.36. The first-order valence-corrected chi connectivity index (χ1v) is 9.55. The number of carbonyl (C=O) groups is 2. The highest BCUT2D eigenvalue weighted by atomic mass is 16.5. The molecule has 1 atom stereocenters. The monoisotopic (exact) mass is 381 g/mol. The van der Waals surface area contributed by atoms with Crippen molar-refractivity contribution in [3.05, 3.63) is 52.6 Å². The second-order valence-electron chi connectivity index (χ2n) is 7.75. The normalized spacial score (nSPS) is 18.0. The Morgan fingerprint density at radius 3 is 2.43 bits per heavy atom. The molecular formula is C23H27NO4. The lowest BCUT2D eigenvalue weighted by Crippen LogP contribution is -2.40. The Labute approximate surface area is 166 Å². The Morgan fingerprint density at radius 1 is 1.11 bits per heavy atom. The maximum atomic E-state index is 12.5. The van der Waals surface area contributed by atoms with Crippen LogP contribution in [0.3, 0.4) is 0 Å². The number of benzene rings is 2. The minimum absolute atomic E-state index is 0.0696. The van der Waals surface area contributed by atoms with Gasteiger partial charge in [-0.25, -0.2) is 0 Å². The van der Waals surface area contributed by atoms with Crippen molar-refractivity contribution >= 4 is 17.6 Å². The number of nitrogens with one attached hydrogen (secondary N) is 1. The Morgan fingerprint density at radius 2 is 1.79 bits per heavy atom. The van der Waals surface area contributed by atoms with Crippen molar-refractivity contribution < 1.29 is 19.1 Å². The lowest BCUT2D eigenvalue weighted by atomic mass is 9.85. The summed E-state index contributed by atoms with van der Waals surface area (Å²) < 4.78 is 11.8. The lowest BCUT2D eigenvalue weighted by molar-refractivity contribution is -0.132. The largest absolute Gasteiger partial charge is 0.486 e. The number of amides is 1. The molecule has 1 aliphatic rings. The smallest absolute Gasteiger partial charge is 0.308 e. The standard InChI is InChI=1S/C23H27NO4/c1-14-15(2)22-19(16(3)21(14)27-17(4)25)11-12-23(5,28-22)13-20(26)24-18-9-7-6-8-10-18/h6-10H,11-13H2,1-5H3,(H,24,26). The van der Waals surface area contributed by atoms with Crippen LogP contribution < -0.4 is 14.8 Å². The Bertz CT molecular complexity index is 920. The summed E-state index contributed by atoms with van der Waals surface area (Å²) in [4.78, 5) is 24.0. The number of esters is 1. The maximum Gasteiger partial charge on any atom is 0.308 e. The third-order valence-electron chi connectivity index (χ3n) is 5.40. The van der Waals surface area contributed by atoms with Gasteiger partial charge in [0.05, 0.1) is 6.42 Å². The molecule has 0 saturated heterocycles. The summed E-state index contributed by atoms with van der Waals surface area (Å²) in [5.41, 5.74) is 4.03. The lowest BCUT2D eigenvalue weighted by Gasteiger charge is -2.37. The molecule has 3 rings (SSSR count). The zero-order valence-electron chi connectivity index (χ0n) is 17.1. The molecule has 0 radical (unpaired) electrons. The summed E-state index contributed by atoms with van der Waals surface area (Å²) >= 11 is 0. The molecule has 1 heterocycles. The first-order chi connectivity index (χ1) is 13.2. The first-order valence-electron chi connectivity index (χ1n) is 9.55. The van der Waals surface area contributed by atoms with Crippen LogP contribution in [-0.2, 0) is 16.0 Å². The van der Waals surface area contributed by atoms with Crippen LogP contribution in [0, 0.1) is 20.8 Å². The summed E-state index contributed by atoms with van der Waals surface area (Å²) in [6.07, 6.45) is 1.75. The summed E-state index contributed by atoms with van der Waals surface area (Å²) in [6, 6.07) is 9.42. The molecule has 0 aromatic heterocycles. The molecule has 2 aromatic rings. The van der Waals surface area contributed by atoms with Gasteiger partial charge in [0.15, 0.2) is 0 Å². The van der Waals surface area contributed by atoms with Crippen LogP contribution in [0.1, 0.15) is 48.9 Å². The fourth-order valence-electron chi connectivity index (χ4n) is 3.77. The summed E-state index contributed by atoms with van der Waals surface area (Å²) in [7, 11) is 0. The van der Waals surface area contributed by atoms with Gasteiger partial charge in [0.2, 0.25) is 5.91 Å². The Hall–Kier alpha value is -2.82. The van der Waals surface area contributed by atoms with E-state index in [9.17, 15) is 9.59 Å². The molecule has 28 heavy (non-hydrogen) atoms. The zero-order chi connectivity index (χ0) is 20.5. The van der Waals surface area contributed by atoms with E-state index < -0.39 is 5.60 Å². The molecule has 1 aliphatic heterocycles. The summed E-state index contributed by atoms with van der Waals surface area (Å²) in [5.74, 6) is 1.04. The Balaban J connectivity index is 1.83. The van der Waals surface area contributed by atoms with Crippen LogP contribution in [0.5, 0.6) is 11.5 Å². The molecule has 5 heteroatoms. The summed E-state index contributed by atoms with van der Waals surface area (Å²) in [6.45, 7) is 9.24. The number of rotatable bonds is 4. The molecule has 0 fully saturated rings. The van der Waals surface area contributed by atoms with Crippen LogP contribution in [0.15, 0.2) is 30.3 Å². The second-order valence-corrected chi connectivity index (χ2v) is 7.75. The minimum Gasteiger partial charge on any atom is -0.486 e. The predicted octanol–water partition coefficient (Wildman–Crippen LogP) is 4.65. The van der Waals surface area contributed by atoms with Gasteiger partial charge in [-0.1, -0.05) is 18.2 Å². The molecular weight excluding hydrogens is 354 g/mol. The van der Waals surface area contributed by atoms with Crippen molar-refractivity contribution in [2.24, 2.45) is 0 Å². The number of para-hydroxylation sites is 1. The minimum atomic E-state index is -0.585. The number of hydrogen-bond acceptors (Lipinski definition) is 4. The molecule has 148 valence electrons. The van der Waals surface area contributed by atoms with Crippen molar-refractivity contribution in [2.45, 2.75) is 59.5 Å². The van der Waals surface area contributed by atoms with Gasteiger partial charge in [0, 0.05) is 18.2 Å². The summed E-state index contributed by atoms with van der Waals surface area (Å²) in [5, 5.41) is 2.93. The van der Waals surface area contributed by atoms with Crippen LogP contribution in [0.2, 0.25) is 0 Å². The van der Waals surface area contributed by atoms with Gasteiger partial charge in [0.1, 0.15) is 17.1 Å². The van der Waals surface area contributed by atoms with E-state index in [1.807, 2.05) is 58.0 Å². The number of hydrogen-bond donors (Lipinski definition) is 1. The molecule has 1 N–H and O–H groups in total. The van der Waals surface area contributed by atoms with Crippen molar-refractivity contribution in [2.75, 3.05) is 5.32 Å². The molecule has 1 unspecified atom stereocenters. The van der Waals surface area contributed by atoms with Gasteiger partial charge in [-0.3, -0.25) is 9.59 Å². The number of ether oxygens (including phenoxy) is 2. The maximum absolute atomic E-state index is 12.5. The molecule has 0 bridgehead atoms. The molecule has 1 amide bonds. The molecule has 2 aromatic carbocycles. The van der Waals surface area contributed by atoms with E-state index in [0.717, 1.165) is 40.1 Å². The van der Waals surface area contributed by atoms with E-state index in [1.54, 1.807) is 0 Å². The molecule has 0 aliphatic carbocycles. The van der Waals surface area contributed by atoms with Crippen molar-refractivity contribution in [3.63, 3.8) is 0 Å².